The van der Waals surface area contributed by atoms with Crippen LogP contribution in [0.25, 0.3) is 22.6 Å². The van der Waals surface area contributed by atoms with Crippen molar-refractivity contribution in [3.8, 4) is 28.4 Å². The third-order valence-electron chi connectivity index (χ3n) is 3.95. The first-order chi connectivity index (χ1) is 12.5. The number of alkyl halides is 3. The number of fused-ring (bicyclic) bond motifs is 1. The van der Waals surface area contributed by atoms with E-state index in [2.05, 4.69) is 25.0 Å². The van der Waals surface area contributed by atoms with Gasteiger partial charge in [0.05, 0.1) is 5.69 Å². The molecule has 1 aromatic carbocycles. The van der Waals surface area contributed by atoms with Gasteiger partial charge in [-0.05, 0) is 30.7 Å². The molecule has 26 heavy (non-hydrogen) atoms. The maximum atomic E-state index is 12.5. The number of aromatic nitrogens is 3. The number of halogens is 3. The van der Waals surface area contributed by atoms with Gasteiger partial charge in [-0.15, -0.1) is 13.2 Å². The minimum absolute atomic E-state index is 0.279. The molecule has 0 radical (unpaired) electrons. The van der Waals surface area contributed by atoms with Crippen LogP contribution >= 0.6 is 0 Å². The van der Waals surface area contributed by atoms with Gasteiger partial charge >= 0.3 is 6.36 Å². The van der Waals surface area contributed by atoms with Crippen LogP contribution in [0.1, 0.15) is 5.56 Å². The van der Waals surface area contributed by atoms with Gasteiger partial charge in [0.25, 0.3) is 0 Å². The monoisotopic (exact) mass is 358 g/mol. The predicted octanol–water partition coefficient (Wildman–Crippen LogP) is 4.07. The van der Waals surface area contributed by atoms with Gasteiger partial charge in [-0.2, -0.15) is 0 Å². The van der Waals surface area contributed by atoms with E-state index in [0.717, 1.165) is 11.1 Å². The highest BCUT2D eigenvalue weighted by atomic mass is 19.4. The third kappa shape index (κ3) is 3.30. The van der Waals surface area contributed by atoms with E-state index >= 15 is 0 Å². The third-order valence-corrected chi connectivity index (χ3v) is 3.95. The van der Waals surface area contributed by atoms with Crippen LogP contribution in [0.3, 0.4) is 0 Å². The summed E-state index contributed by atoms with van der Waals surface area (Å²) in [6.07, 6.45) is -0.769. The van der Waals surface area contributed by atoms with Crippen molar-refractivity contribution in [2.75, 3.05) is 11.9 Å². The fourth-order valence-electron chi connectivity index (χ4n) is 2.88. The van der Waals surface area contributed by atoms with Crippen LogP contribution in [-0.4, -0.2) is 27.9 Å². The molecule has 0 saturated carbocycles. The van der Waals surface area contributed by atoms with Crippen molar-refractivity contribution in [3.63, 3.8) is 0 Å². The molecule has 0 unspecified atom stereocenters. The van der Waals surface area contributed by atoms with Gasteiger partial charge in [0, 0.05) is 35.6 Å². The van der Waals surface area contributed by atoms with Crippen molar-refractivity contribution >= 4 is 5.82 Å². The molecule has 1 aliphatic heterocycles. The maximum Gasteiger partial charge on any atom is 0.573 e. The first-order valence-corrected chi connectivity index (χ1v) is 7.91. The van der Waals surface area contributed by atoms with Crippen LogP contribution in [-0.2, 0) is 6.42 Å². The Kier molecular flexibility index (Phi) is 3.95. The number of benzene rings is 1. The molecule has 0 spiro atoms. The Labute approximate surface area is 146 Å². The Morgan fingerprint density at radius 3 is 2.58 bits per heavy atom. The predicted molar refractivity (Wildman–Crippen MR) is 89.6 cm³/mol. The molecular formula is C18H13F3N4O. The smallest absolute Gasteiger partial charge is 0.406 e. The van der Waals surface area contributed by atoms with E-state index in [4.69, 9.17) is 0 Å². The van der Waals surface area contributed by atoms with Crippen molar-refractivity contribution < 1.29 is 17.9 Å². The zero-order valence-electron chi connectivity index (χ0n) is 13.4. The Morgan fingerprint density at radius 2 is 1.81 bits per heavy atom. The second-order valence-electron chi connectivity index (χ2n) is 5.71. The molecule has 3 aromatic rings. The summed E-state index contributed by atoms with van der Waals surface area (Å²) in [6, 6.07) is 9.39. The van der Waals surface area contributed by atoms with E-state index in [1.165, 1.54) is 18.2 Å². The largest absolute Gasteiger partial charge is 0.573 e. The highest BCUT2D eigenvalue weighted by Crippen LogP contribution is 2.34. The Morgan fingerprint density at radius 1 is 1.00 bits per heavy atom. The topological polar surface area (TPSA) is 59.9 Å². The summed E-state index contributed by atoms with van der Waals surface area (Å²) in [5, 5.41) is 3.20. The summed E-state index contributed by atoms with van der Waals surface area (Å²) in [6.45, 7) is 0.704. The average molecular weight is 358 g/mol. The zero-order valence-corrected chi connectivity index (χ0v) is 13.4. The summed E-state index contributed by atoms with van der Waals surface area (Å²) >= 11 is 0. The highest BCUT2D eigenvalue weighted by Gasteiger charge is 2.31. The first kappa shape index (κ1) is 16.3. The average Bonchev–Trinajstić information content (AvgIpc) is 3.09. The van der Waals surface area contributed by atoms with E-state index in [1.54, 1.807) is 30.6 Å². The van der Waals surface area contributed by atoms with E-state index < -0.39 is 6.36 Å². The fourth-order valence-corrected chi connectivity index (χ4v) is 2.88. The number of rotatable bonds is 3. The van der Waals surface area contributed by atoms with Crippen LogP contribution in [0.2, 0.25) is 0 Å². The number of pyridine rings is 1. The quantitative estimate of drug-likeness (QED) is 0.765. The number of nitrogens with one attached hydrogen (secondary N) is 1. The number of hydrogen-bond acceptors (Lipinski definition) is 5. The Balaban J connectivity index is 1.82. The van der Waals surface area contributed by atoms with Gasteiger partial charge in [-0.1, -0.05) is 12.1 Å². The van der Waals surface area contributed by atoms with Gasteiger partial charge in [0.2, 0.25) is 0 Å². The first-order valence-electron chi connectivity index (χ1n) is 7.91. The van der Waals surface area contributed by atoms with Crippen molar-refractivity contribution in [1.82, 2.24) is 15.0 Å². The molecule has 4 rings (SSSR count). The Bertz CT molecular complexity index is 945. The lowest BCUT2D eigenvalue weighted by Gasteiger charge is -2.12. The van der Waals surface area contributed by atoms with Crippen molar-refractivity contribution in [2.45, 2.75) is 12.8 Å². The lowest BCUT2D eigenvalue weighted by Crippen LogP contribution is -2.17. The second-order valence-corrected chi connectivity index (χ2v) is 5.71. The molecule has 0 aliphatic carbocycles. The second kappa shape index (κ2) is 6.29. The molecule has 1 aliphatic rings. The number of nitrogens with zero attached hydrogens (tertiary/aromatic N) is 3. The minimum Gasteiger partial charge on any atom is -0.406 e. The van der Waals surface area contributed by atoms with E-state index in [1.807, 2.05) is 0 Å². The maximum absolute atomic E-state index is 12.5. The molecule has 2 aromatic heterocycles. The van der Waals surface area contributed by atoms with Gasteiger partial charge in [0.15, 0.2) is 5.82 Å². The number of anilines is 1. The van der Waals surface area contributed by atoms with Crippen LogP contribution in [0.15, 0.2) is 48.8 Å². The molecule has 3 heterocycles. The molecule has 0 bridgehead atoms. The lowest BCUT2D eigenvalue weighted by molar-refractivity contribution is -0.274. The number of hydrogen-bond donors (Lipinski definition) is 1. The van der Waals surface area contributed by atoms with E-state index in [-0.39, 0.29) is 5.75 Å². The Hall–Kier alpha value is -3.16. The molecule has 0 saturated heterocycles. The summed E-state index contributed by atoms with van der Waals surface area (Å²) < 4.78 is 41.6. The summed E-state index contributed by atoms with van der Waals surface area (Å²) in [7, 11) is 0. The number of ether oxygens (including phenoxy) is 1. The van der Waals surface area contributed by atoms with E-state index in [0.29, 0.717) is 35.9 Å². The summed E-state index contributed by atoms with van der Waals surface area (Å²) in [5.41, 5.74) is 2.80. The fraction of sp³-hybridized carbons (Fsp3) is 0.167. The standard InChI is InChI=1S/C18H13F3N4O/c19-18(20,21)26-13-3-1-2-12(10-13)15-14-6-9-23-17(14)25-16(24-15)11-4-7-22-8-5-11/h1-5,7-8,10H,6,9H2,(H,23,24,25). The zero-order chi connectivity index (χ0) is 18.1. The molecule has 132 valence electrons. The van der Waals surface area contributed by atoms with Crippen LogP contribution in [0.5, 0.6) is 5.75 Å². The van der Waals surface area contributed by atoms with Gasteiger partial charge < -0.3 is 10.1 Å². The molecule has 0 atom stereocenters. The van der Waals surface area contributed by atoms with Gasteiger partial charge in [0.1, 0.15) is 11.6 Å². The molecule has 8 heteroatoms. The van der Waals surface area contributed by atoms with Crippen molar-refractivity contribution in [1.29, 1.82) is 0 Å². The van der Waals surface area contributed by atoms with E-state index in [9.17, 15) is 13.2 Å². The normalized spacial score (nSPS) is 13.2. The van der Waals surface area contributed by atoms with Crippen LogP contribution < -0.4 is 10.1 Å². The lowest BCUT2D eigenvalue weighted by atomic mass is 10.0. The summed E-state index contributed by atoms with van der Waals surface area (Å²) in [4.78, 5) is 13.1. The highest BCUT2D eigenvalue weighted by molar-refractivity contribution is 5.74. The van der Waals surface area contributed by atoms with Crippen molar-refractivity contribution in [2.24, 2.45) is 0 Å². The van der Waals surface area contributed by atoms with Crippen LogP contribution in [0.4, 0.5) is 19.0 Å². The molecule has 0 amide bonds. The van der Waals surface area contributed by atoms with Gasteiger partial charge in [-0.25, -0.2) is 9.97 Å². The molecule has 1 N–H and O–H groups in total. The summed E-state index contributed by atoms with van der Waals surface area (Å²) in [5.74, 6) is 0.903. The molecule has 5 nitrogen and oxygen atoms in total. The van der Waals surface area contributed by atoms with Gasteiger partial charge in [-0.3, -0.25) is 4.98 Å². The van der Waals surface area contributed by atoms with Crippen molar-refractivity contribution in [3.05, 3.63) is 54.4 Å². The molecular weight excluding hydrogens is 345 g/mol. The van der Waals surface area contributed by atoms with Crippen LogP contribution in [0, 0.1) is 0 Å². The molecule has 0 fully saturated rings. The SMILES string of the molecule is FC(F)(F)Oc1cccc(-c2nc(-c3ccncc3)nc3c2CCN3)c1. The minimum atomic E-state index is -4.74.